The Hall–Kier alpha value is -4.32. The minimum Gasteiger partial charge on any atom is -0.871 e. The van der Waals surface area contributed by atoms with Gasteiger partial charge in [0.15, 0.2) is 0 Å². The van der Waals surface area contributed by atoms with Crippen molar-refractivity contribution in [2.75, 3.05) is 7.11 Å². The molecule has 0 saturated heterocycles. The van der Waals surface area contributed by atoms with E-state index in [2.05, 4.69) is 5.10 Å². The molecule has 0 aromatic heterocycles. The summed E-state index contributed by atoms with van der Waals surface area (Å²) in [6, 6.07) is 25.2. The van der Waals surface area contributed by atoms with Gasteiger partial charge in [0.05, 0.1) is 7.11 Å². The summed E-state index contributed by atoms with van der Waals surface area (Å²) in [4.78, 5) is 26.0. The molecule has 0 bridgehead atoms. The lowest BCUT2D eigenvalue weighted by molar-refractivity contribution is -0.443. The Morgan fingerprint density at radius 1 is 0.844 bits per heavy atom. The topological polar surface area (TPSA) is 81.8 Å². The molecule has 1 amide bonds. The van der Waals surface area contributed by atoms with E-state index in [0.717, 1.165) is 10.2 Å². The highest BCUT2D eigenvalue weighted by Crippen LogP contribution is 2.23. The molecule has 0 saturated carbocycles. The molecule has 0 spiro atoms. The fourth-order valence-electron chi connectivity index (χ4n) is 3.45. The zero-order valence-electron chi connectivity index (χ0n) is 17.6. The maximum Gasteiger partial charge on any atom is 0.452 e. The number of esters is 1. The van der Waals surface area contributed by atoms with Crippen LogP contribution in [0.25, 0.3) is 5.76 Å². The maximum absolute atomic E-state index is 13.5. The number of carbonyl (C=O) groups excluding carboxylic acids is 2. The first kappa shape index (κ1) is 20.9. The van der Waals surface area contributed by atoms with Crippen LogP contribution in [0.5, 0.6) is 0 Å². The van der Waals surface area contributed by atoms with E-state index in [-0.39, 0.29) is 11.3 Å². The summed E-state index contributed by atoms with van der Waals surface area (Å²) >= 11 is 0. The quantitative estimate of drug-likeness (QED) is 0.279. The monoisotopic (exact) mass is 424 g/mol. The lowest BCUT2D eigenvalue weighted by Crippen LogP contribution is -2.26. The highest BCUT2D eigenvalue weighted by atomic mass is 16.5. The second kappa shape index (κ2) is 8.81. The molecule has 0 N–H and O–H groups in total. The van der Waals surface area contributed by atoms with E-state index in [0.29, 0.717) is 22.4 Å². The number of hydrazone groups is 1. The van der Waals surface area contributed by atoms with Crippen LogP contribution in [0.4, 0.5) is 0 Å². The Balaban J connectivity index is 2.00. The SMILES string of the molecule is COC(=O)C1=N[N+](=C(c2ccccc2)c2ccccc2)C(=O)/C1=C(\[O-])c1ccc(C)cc1. The molecular formula is C26H20N2O4. The van der Waals surface area contributed by atoms with Gasteiger partial charge in [0.1, 0.15) is 5.57 Å². The fraction of sp³-hybridized carbons (Fsp3) is 0.0769. The maximum atomic E-state index is 13.5. The minimum absolute atomic E-state index is 0.290. The number of rotatable bonds is 4. The predicted octanol–water partition coefficient (Wildman–Crippen LogP) is 2.69. The van der Waals surface area contributed by atoms with E-state index in [1.807, 2.05) is 67.6 Å². The summed E-state index contributed by atoms with van der Waals surface area (Å²) in [6.45, 7) is 1.89. The molecule has 3 aromatic rings. The molecule has 32 heavy (non-hydrogen) atoms. The van der Waals surface area contributed by atoms with Gasteiger partial charge < -0.3 is 9.84 Å². The zero-order chi connectivity index (χ0) is 22.7. The van der Waals surface area contributed by atoms with Crippen molar-refractivity contribution >= 4 is 29.1 Å². The average Bonchev–Trinajstić information content (AvgIpc) is 3.17. The fourth-order valence-corrected chi connectivity index (χ4v) is 3.45. The van der Waals surface area contributed by atoms with Crippen LogP contribution in [0.2, 0.25) is 0 Å². The van der Waals surface area contributed by atoms with Gasteiger partial charge in [0.2, 0.25) is 5.71 Å². The Bertz CT molecular complexity index is 1230. The summed E-state index contributed by atoms with van der Waals surface area (Å²) in [6.07, 6.45) is 0. The highest BCUT2D eigenvalue weighted by Gasteiger charge is 2.44. The number of amides is 1. The third kappa shape index (κ3) is 3.86. The van der Waals surface area contributed by atoms with Crippen molar-refractivity contribution in [2.24, 2.45) is 5.10 Å². The third-order valence-corrected chi connectivity index (χ3v) is 5.07. The van der Waals surface area contributed by atoms with Gasteiger partial charge in [-0.05, 0) is 41.4 Å². The number of methoxy groups -OCH3 is 1. The molecule has 0 atom stereocenters. The van der Waals surface area contributed by atoms with Crippen LogP contribution in [-0.4, -0.2) is 35.1 Å². The zero-order valence-corrected chi connectivity index (χ0v) is 17.6. The van der Waals surface area contributed by atoms with E-state index < -0.39 is 17.6 Å². The molecule has 1 aliphatic rings. The number of carbonyl (C=O) groups is 2. The van der Waals surface area contributed by atoms with E-state index in [1.54, 1.807) is 24.3 Å². The van der Waals surface area contributed by atoms with E-state index in [1.165, 1.54) is 7.11 Å². The van der Waals surface area contributed by atoms with Crippen LogP contribution in [0, 0.1) is 6.92 Å². The Morgan fingerprint density at radius 2 is 1.38 bits per heavy atom. The Labute approximate surface area is 185 Å². The van der Waals surface area contributed by atoms with Gasteiger partial charge in [-0.3, -0.25) is 0 Å². The number of ether oxygens (including phenoxy) is 1. The average molecular weight is 424 g/mol. The summed E-state index contributed by atoms with van der Waals surface area (Å²) in [5.41, 5.74) is 2.52. The molecule has 6 heteroatoms. The van der Waals surface area contributed by atoms with Crippen molar-refractivity contribution in [3.05, 3.63) is 113 Å². The molecule has 1 heterocycles. The van der Waals surface area contributed by atoms with Gasteiger partial charge in [-0.1, -0.05) is 72.0 Å². The molecule has 158 valence electrons. The summed E-state index contributed by atoms with van der Waals surface area (Å²) < 4.78 is 5.94. The smallest absolute Gasteiger partial charge is 0.452 e. The largest absolute Gasteiger partial charge is 0.871 e. The van der Waals surface area contributed by atoms with E-state index in [9.17, 15) is 14.7 Å². The standard InChI is InChI=1S/C26H20N2O4/c1-17-13-15-20(16-14-17)24(29)21-22(26(31)32-2)27-28(25(21)30)23(18-9-5-3-6-10-18)19-11-7-4-8-12-19/h3-16H,1-2H3. The second-order valence-corrected chi connectivity index (χ2v) is 7.21. The molecule has 1 aliphatic heterocycles. The van der Waals surface area contributed by atoms with Crippen molar-refractivity contribution in [3.8, 4) is 0 Å². The highest BCUT2D eigenvalue weighted by molar-refractivity contribution is 6.51. The second-order valence-electron chi connectivity index (χ2n) is 7.21. The Morgan fingerprint density at radius 3 is 1.88 bits per heavy atom. The third-order valence-electron chi connectivity index (χ3n) is 5.07. The van der Waals surface area contributed by atoms with Crippen LogP contribution in [0.1, 0.15) is 22.3 Å². The molecule has 4 rings (SSSR count). The van der Waals surface area contributed by atoms with Crippen molar-refractivity contribution in [2.45, 2.75) is 6.92 Å². The first-order chi connectivity index (χ1) is 15.5. The predicted molar refractivity (Wildman–Crippen MR) is 119 cm³/mol. The number of aryl methyl sites for hydroxylation is 1. The number of nitrogens with zero attached hydrogens (tertiary/aromatic N) is 2. The summed E-state index contributed by atoms with van der Waals surface area (Å²) in [5, 5.41) is 17.5. The number of benzene rings is 3. The molecule has 0 radical (unpaired) electrons. The number of hydrogen-bond donors (Lipinski definition) is 0. The van der Waals surface area contributed by atoms with Crippen molar-refractivity contribution in [1.82, 2.24) is 0 Å². The summed E-state index contributed by atoms with van der Waals surface area (Å²) in [5.74, 6) is -2.11. The minimum atomic E-state index is -0.850. The van der Waals surface area contributed by atoms with Gasteiger partial charge in [-0.25, -0.2) is 9.59 Å². The van der Waals surface area contributed by atoms with Gasteiger partial charge in [0.25, 0.3) is 5.71 Å². The van der Waals surface area contributed by atoms with Crippen molar-refractivity contribution in [3.63, 3.8) is 0 Å². The molecule has 0 unspecified atom stereocenters. The molecule has 6 nitrogen and oxygen atoms in total. The summed E-state index contributed by atoms with van der Waals surface area (Å²) in [7, 11) is 1.19. The van der Waals surface area contributed by atoms with Gasteiger partial charge in [0, 0.05) is 16.2 Å². The van der Waals surface area contributed by atoms with E-state index in [4.69, 9.17) is 4.74 Å². The van der Waals surface area contributed by atoms with Gasteiger partial charge in [-0.15, -0.1) is 0 Å². The lowest BCUT2D eigenvalue weighted by Gasteiger charge is -2.14. The first-order valence-corrected chi connectivity index (χ1v) is 9.99. The van der Waals surface area contributed by atoms with Gasteiger partial charge >= 0.3 is 11.9 Å². The molecular weight excluding hydrogens is 404 g/mol. The van der Waals surface area contributed by atoms with Crippen molar-refractivity contribution < 1.29 is 24.1 Å². The Kier molecular flexibility index (Phi) is 5.77. The van der Waals surface area contributed by atoms with Crippen molar-refractivity contribution in [1.29, 1.82) is 0 Å². The molecule has 0 aliphatic carbocycles. The van der Waals surface area contributed by atoms with Crippen LogP contribution in [-0.2, 0) is 14.3 Å². The normalized spacial score (nSPS) is 14.8. The van der Waals surface area contributed by atoms with Crippen LogP contribution in [0.15, 0.2) is 95.6 Å². The van der Waals surface area contributed by atoms with Crippen LogP contribution >= 0.6 is 0 Å². The van der Waals surface area contributed by atoms with E-state index >= 15 is 0 Å². The van der Waals surface area contributed by atoms with Crippen LogP contribution in [0.3, 0.4) is 0 Å². The molecule has 3 aromatic carbocycles. The first-order valence-electron chi connectivity index (χ1n) is 9.99. The van der Waals surface area contributed by atoms with Gasteiger partial charge in [-0.2, -0.15) is 0 Å². The van der Waals surface area contributed by atoms with Crippen LogP contribution < -0.4 is 5.11 Å². The lowest BCUT2D eigenvalue weighted by atomic mass is 10.0. The molecule has 0 fully saturated rings. The number of hydrogen-bond acceptors (Lipinski definition) is 5.